The molecule has 3 rings (SSSR count). The van der Waals surface area contributed by atoms with Gasteiger partial charge in [-0.3, -0.25) is 9.59 Å². The lowest BCUT2D eigenvalue weighted by atomic mass is 9.91. The SMILES string of the molecule is C[C@@H](OC(=O)C(c1ccccc1)c1ccccc1)C(=O)Nc1ccccc1. The molecular weight excluding hydrogens is 338 g/mol. The molecule has 0 saturated carbocycles. The van der Waals surface area contributed by atoms with Gasteiger partial charge < -0.3 is 10.1 Å². The molecule has 27 heavy (non-hydrogen) atoms. The van der Waals surface area contributed by atoms with Crippen LogP contribution in [0.4, 0.5) is 5.69 Å². The first kappa shape index (κ1) is 18.4. The number of carbonyl (C=O) groups is 2. The Morgan fingerprint density at radius 2 is 1.19 bits per heavy atom. The van der Waals surface area contributed by atoms with Crippen LogP contribution < -0.4 is 5.32 Å². The third-order valence-electron chi connectivity index (χ3n) is 4.20. The highest BCUT2D eigenvalue weighted by atomic mass is 16.5. The van der Waals surface area contributed by atoms with E-state index < -0.39 is 18.0 Å². The molecule has 0 aliphatic heterocycles. The quantitative estimate of drug-likeness (QED) is 0.664. The summed E-state index contributed by atoms with van der Waals surface area (Å²) in [5.74, 6) is -1.41. The van der Waals surface area contributed by atoms with E-state index in [-0.39, 0.29) is 5.91 Å². The third kappa shape index (κ3) is 4.82. The lowest BCUT2D eigenvalue weighted by molar-refractivity contribution is -0.153. The van der Waals surface area contributed by atoms with Crippen molar-refractivity contribution < 1.29 is 14.3 Å². The van der Waals surface area contributed by atoms with Crippen molar-refractivity contribution in [1.29, 1.82) is 0 Å². The van der Waals surface area contributed by atoms with Crippen LogP contribution in [0.15, 0.2) is 91.0 Å². The molecule has 0 aromatic heterocycles. The Labute approximate surface area is 158 Å². The smallest absolute Gasteiger partial charge is 0.318 e. The topological polar surface area (TPSA) is 55.4 Å². The summed E-state index contributed by atoms with van der Waals surface area (Å²) in [5, 5.41) is 2.75. The van der Waals surface area contributed by atoms with Crippen molar-refractivity contribution in [2.75, 3.05) is 5.32 Å². The molecule has 0 spiro atoms. The Kier molecular flexibility index (Phi) is 6.00. The van der Waals surface area contributed by atoms with Gasteiger partial charge in [-0.15, -0.1) is 0 Å². The molecule has 4 nitrogen and oxygen atoms in total. The average Bonchev–Trinajstić information content (AvgIpc) is 2.70. The fourth-order valence-electron chi connectivity index (χ4n) is 2.82. The molecule has 0 heterocycles. The number of esters is 1. The number of rotatable bonds is 6. The normalized spacial score (nSPS) is 11.6. The summed E-state index contributed by atoms with van der Waals surface area (Å²) >= 11 is 0. The first-order chi connectivity index (χ1) is 13.1. The number of benzene rings is 3. The van der Waals surface area contributed by atoms with Crippen LogP contribution in [0.1, 0.15) is 24.0 Å². The van der Waals surface area contributed by atoms with Crippen molar-refractivity contribution in [3.8, 4) is 0 Å². The number of ether oxygens (including phenoxy) is 1. The van der Waals surface area contributed by atoms with Crippen LogP contribution in [0, 0.1) is 0 Å². The Hall–Kier alpha value is -3.40. The first-order valence-corrected chi connectivity index (χ1v) is 8.81. The fraction of sp³-hybridized carbons (Fsp3) is 0.130. The number of amides is 1. The Balaban J connectivity index is 1.75. The zero-order valence-electron chi connectivity index (χ0n) is 15.0. The van der Waals surface area contributed by atoms with E-state index in [2.05, 4.69) is 5.32 Å². The van der Waals surface area contributed by atoms with Gasteiger partial charge in [0.1, 0.15) is 5.92 Å². The van der Waals surface area contributed by atoms with Crippen molar-refractivity contribution in [3.05, 3.63) is 102 Å². The maximum Gasteiger partial charge on any atom is 0.318 e. The van der Waals surface area contributed by atoms with Gasteiger partial charge in [0.05, 0.1) is 0 Å². The predicted molar refractivity (Wildman–Crippen MR) is 105 cm³/mol. The second kappa shape index (κ2) is 8.81. The molecule has 4 heteroatoms. The number of para-hydroxylation sites is 1. The van der Waals surface area contributed by atoms with E-state index in [1.54, 1.807) is 19.1 Å². The van der Waals surface area contributed by atoms with Crippen LogP contribution >= 0.6 is 0 Å². The largest absolute Gasteiger partial charge is 0.452 e. The van der Waals surface area contributed by atoms with Crippen molar-refractivity contribution in [3.63, 3.8) is 0 Å². The fourth-order valence-corrected chi connectivity index (χ4v) is 2.82. The van der Waals surface area contributed by atoms with Crippen LogP contribution in [0.2, 0.25) is 0 Å². The van der Waals surface area contributed by atoms with Gasteiger partial charge >= 0.3 is 5.97 Å². The first-order valence-electron chi connectivity index (χ1n) is 8.81. The van der Waals surface area contributed by atoms with E-state index in [0.29, 0.717) is 5.69 Å². The maximum atomic E-state index is 12.9. The van der Waals surface area contributed by atoms with Gasteiger partial charge in [0.15, 0.2) is 6.10 Å². The van der Waals surface area contributed by atoms with Gasteiger partial charge in [-0.05, 0) is 30.2 Å². The van der Waals surface area contributed by atoms with E-state index in [4.69, 9.17) is 4.74 Å². The molecule has 1 N–H and O–H groups in total. The van der Waals surface area contributed by atoms with Gasteiger partial charge in [0.2, 0.25) is 0 Å². The highest BCUT2D eigenvalue weighted by Crippen LogP contribution is 2.26. The number of nitrogens with one attached hydrogen (secondary N) is 1. The molecular formula is C23H21NO3. The lowest BCUT2D eigenvalue weighted by Crippen LogP contribution is -2.32. The van der Waals surface area contributed by atoms with Crippen LogP contribution in [-0.2, 0) is 14.3 Å². The summed E-state index contributed by atoms with van der Waals surface area (Å²) in [7, 11) is 0. The molecule has 0 aliphatic rings. The van der Waals surface area contributed by atoms with E-state index in [0.717, 1.165) is 11.1 Å². The molecule has 0 fully saturated rings. The standard InChI is InChI=1S/C23H21NO3/c1-17(22(25)24-20-15-9-4-10-16-20)27-23(26)21(18-11-5-2-6-12-18)19-13-7-3-8-14-19/h2-17,21H,1H3,(H,24,25)/t17-/m1/s1. The number of anilines is 1. The highest BCUT2D eigenvalue weighted by Gasteiger charge is 2.27. The van der Waals surface area contributed by atoms with Gasteiger partial charge in [-0.25, -0.2) is 0 Å². The highest BCUT2D eigenvalue weighted by molar-refractivity contribution is 5.95. The molecule has 0 unspecified atom stereocenters. The van der Waals surface area contributed by atoms with Crippen LogP contribution in [-0.4, -0.2) is 18.0 Å². The summed E-state index contributed by atoms with van der Waals surface area (Å²) in [6.45, 7) is 1.57. The maximum absolute atomic E-state index is 12.9. The Bertz CT molecular complexity index is 840. The minimum absolute atomic E-state index is 0.366. The van der Waals surface area contributed by atoms with Gasteiger partial charge in [-0.1, -0.05) is 78.9 Å². The second-order valence-corrected chi connectivity index (χ2v) is 6.19. The van der Waals surface area contributed by atoms with E-state index in [1.165, 1.54) is 0 Å². The zero-order valence-corrected chi connectivity index (χ0v) is 15.0. The molecule has 0 bridgehead atoms. The molecule has 0 aliphatic carbocycles. The van der Waals surface area contributed by atoms with Crippen LogP contribution in [0.3, 0.4) is 0 Å². The van der Waals surface area contributed by atoms with E-state index in [1.807, 2.05) is 78.9 Å². The molecule has 0 radical (unpaired) electrons. The minimum Gasteiger partial charge on any atom is -0.452 e. The lowest BCUT2D eigenvalue weighted by Gasteiger charge is -2.20. The van der Waals surface area contributed by atoms with Gasteiger partial charge in [0, 0.05) is 5.69 Å². The Morgan fingerprint density at radius 3 is 1.67 bits per heavy atom. The zero-order chi connectivity index (χ0) is 19.1. The molecule has 136 valence electrons. The monoisotopic (exact) mass is 359 g/mol. The second-order valence-electron chi connectivity index (χ2n) is 6.19. The van der Waals surface area contributed by atoms with Crippen molar-refractivity contribution in [1.82, 2.24) is 0 Å². The van der Waals surface area contributed by atoms with E-state index >= 15 is 0 Å². The summed E-state index contributed by atoms with van der Waals surface area (Å²) in [6, 6.07) is 27.9. The van der Waals surface area contributed by atoms with Crippen molar-refractivity contribution in [2.24, 2.45) is 0 Å². The third-order valence-corrected chi connectivity index (χ3v) is 4.20. The predicted octanol–water partition coefficient (Wildman–Crippen LogP) is 4.39. The number of hydrogen-bond donors (Lipinski definition) is 1. The van der Waals surface area contributed by atoms with Crippen LogP contribution in [0.25, 0.3) is 0 Å². The van der Waals surface area contributed by atoms with Gasteiger partial charge in [-0.2, -0.15) is 0 Å². The molecule has 0 saturated heterocycles. The number of hydrogen-bond acceptors (Lipinski definition) is 3. The molecule has 1 amide bonds. The van der Waals surface area contributed by atoms with Gasteiger partial charge in [0.25, 0.3) is 5.91 Å². The van der Waals surface area contributed by atoms with E-state index in [9.17, 15) is 9.59 Å². The molecule has 1 atom stereocenters. The molecule has 3 aromatic rings. The summed E-state index contributed by atoms with van der Waals surface area (Å²) in [5.41, 5.74) is 2.31. The minimum atomic E-state index is -0.910. The number of carbonyl (C=O) groups excluding carboxylic acids is 2. The van der Waals surface area contributed by atoms with Crippen molar-refractivity contribution >= 4 is 17.6 Å². The van der Waals surface area contributed by atoms with Crippen molar-refractivity contribution in [2.45, 2.75) is 18.9 Å². The summed E-state index contributed by atoms with van der Waals surface area (Å²) in [4.78, 5) is 25.3. The average molecular weight is 359 g/mol. The summed E-state index contributed by atoms with van der Waals surface area (Å²) < 4.78 is 5.50. The summed E-state index contributed by atoms with van der Waals surface area (Å²) in [6.07, 6.45) is -0.910. The Morgan fingerprint density at radius 1 is 0.741 bits per heavy atom. The molecule has 3 aromatic carbocycles. The van der Waals surface area contributed by atoms with Crippen LogP contribution in [0.5, 0.6) is 0 Å².